The molecule has 1 rings (SSSR count). The number of nitrogens with one attached hydrogen (secondary N) is 2. The van der Waals surface area contributed by atoms with Crippen LogP contribution in [0, 0.1) is 19.3 Å². The minimum absolute atomic E-state index is 0.0325. The number of urea groups is 1. The van der Waals surface area contributed by atoms with E-state index in [-0.39, 0.29) is 11.0 Å². The van der Waals surface area contributed by atoms with Crippen LogP contribution in [0.25, 0.3) is 0 Å². The molecule has 0 bridgehead atoms. The Labute approximate surface area is 119 Å². The molecule has 0 aliphatic carbocycles. The maximum atomic E-state index is 11.9. The first-order valence-electron chi connectivity index (χ1n) is 6.49. The van der Waals surface area contributed by atoms with Crippen LogP contribution in [0.4, 0.5) is 10.5 Å². The second-order valence-corrected chi connectivity index (χ2v) is 6.18. The minimum Gasteiger partial charge on any atom is -0.478 e. The van der Waals surface area contributed by atoms with Crippen molar-refractivity contribution in [1.82, 2.24) is 5.32 Å². The van der Waals surface area contributed by atoms with Crippen molar-refractivity contribution in [3.63, 3.8) is 0 Å². The third-order valence-electron chi connectivity index (χ3n) is 2.73. The fourth-order valence-electron chi connectivity index (χ4n) is 1.81. The van der Waals surface area contributed by atoms with Crippen LogP contribution in [-0.2, 0) is 0 Å². The normalized spacial score (nSPS) is 11.1. The van der Waals surface area contributed by atoms with E-state index in [1.807, 2.05) is 33.8 Å². The first kappa shape index (κ1) is 16.0. The molecule has 0 aliphatic rings. The zero-order valence-corrected chi connectivity index (χ0v) is 12.6. The van der Waals surface area contributed by atoms with Crippen LogP contribution in [0.1, 0.15) is 42.3 Å². The lowest BCUT2D eigenvalue weighted by atomic mass is 9.97. The van der Waals surface area contributed by atoms with Crippen molar-refractivity contribution in [2.75, 3.05) is 11.9 Å². The van der Waals surface area contributed by atoms with Gasteiger partial charge in [-0.25, -0.2) is 9.59 Å². The summed E-state index contributed by atoms with van der Waals surface area (Å²) < 4.78 is 0. The highest BCUT2D eigenvalue weighted by molar-refractivity contribution is 6.01. The standard InChI is InChI=1S/C15H22N2O3/c1-9-6-10(2)12(11(7-9)13(18)19)17-14(20)16-8-15(3,4)5/h6-7H,8H2,1-5H3,(H,18,19)(H2,16,17,20). The first-order valence-corrected chi connectivity index (χ1v) is 6.49. The van der Waals surface area contributed by atoms with Crippen LogP contribution in [0.15, 0.2) is 12.1 Å². The molecule has 3 N–H and O–H groups in total. The third kappa shape index (κ3) is 4.57. The van der Waals surface area contributed by atoms with E-state index < -0.39 is 12.0 Å². The summed E-state index contributed by atoms with van der Waals surface area (Å²) in [5.41, 5.74) is 1.99. The summed E-state index contributed by atoms with van der Waals surface area (Å²) in [4.78, 5) is 23.1. The lowest BCUT2D eigenvalue weighted by Gasteiger charge is -2.20. The molecule has 1 aromatic carbocycles. The third-order valence-corrected chi connectivity index (χ3v) is 2.73. The lowest BCUT2D eigenvalue weighted by Crippen LogP contribution is -2.36. The SMILES string of the molecule is Cc1cc(C)c(NC(=O)NCC(C)(C)C)c(C(=O)O)c1. The zero-order chi connectivity index (χ0) is 15.5. The zero-order valence-electron chi connectivity index (χ0n) is 12.6. The smallest absolute Gasteiger partial charge is 0.337 e. The quantitative estimate of drug-likeness (QED) is 0.794. The number of carboxylic acid groups (broad SMARTS) is 1. The molecule has 0 heterocycles. The second-order valence-electron chi connectivity index (χ2n) is 6.18. The molecule has 110 valence electrons. The summed E-state index contributed by atoms with van der Waals surface area (Å²) in [5, 5.41) is 14.6. The Bertz CT molecular complexity index is 531. The Hall–Kier alpha value is -2.04. The van der Waals surface area contributed by atoms with Crippen molar-refractivity contribution >= 4 is 17.7 Å². The fraction of sp³-hybridized carbons (Fsp3) is 0.467. The Morgan fingerprint density at radius 2 is 1.80 bits per heavy atom. The van der Waals surface area contributed by atoms with E-state index in [1.165, 1.54) is 0 Å². The Balaban J connectivity index is 2.92. The predicted octanol–water partition coefficient (Wildman–Crippen LogP) is 3.17. The molecule has 0 aliphatic heterocycles. The van der Waals surface area contributed by atoms with Crippen molar-refractivity contribution in [3.8, 4) is 0 Å². The molecule has 1 aromatic rings. The average Bonchev–Trinajstić information content (AvgIpc) is 2.28. The van der Waals surface area contributed by atoms with E-state index in [4.69, 9.17) is 0 Å². The van der Waals surface area contributed by atoms with E-state index in [9.17, 15) is 14.7 Å². The van der Waals surface area contributed by atoms with Crippen molar-refractivity contribution < 1.29 is 14.7 Å². The minimum atomic E-state index is -1.05. The van der Waals surface area contributed by atoms with Gasteiger partial charge in [0, 0.05) is 6.54 Å². The maximum Gasteiger partial charge on any atom is 0.337 e. The summed E-state index contributed by atoms with van der Waals surface area (Å²) in [6.45, 7) is 10.1. The van der Waals surface area contributed by atoms with Crippen molar-refractivity contribution in [2.24, 2.45) is 5.41 Å². The van der Waals surface area contributed by atoms with Crippen molar-refractivity contribution in [1.29, 1.82) is 0 Å². The number of carbonyl (C=O) groups is 2. The molecule has 20 heavy (non-hydrogen) atoms. The van der Waals surface area contributed by atoms with Crippen LogP contribution >= 0.6 is 0 Å². The lowest BCUT2D eigenvalue weighted by molar-refractivity contribution is 0.0698. The number of aromatic carboxylic acids is 1. The van der Waals surface area contributed by atoms with Gasteiger partial charge in [-0.05, 0) is 36.5 Å². The summed E-state index contributed by atoms with van der Waals surface area (Å²) in [6, 6.07) is 3.00. The van der Waals surface area contributed by atoms with E-state index in [2.05, 4.69) is 10.6 Å². The summed E-state index contributed by atoms with van der Waals surface area (Å²) >= 11 is 0. The van der Waals surface area contributed by atoms with Gasteiger partial charge in [0.1, 0.15) is 0 Å². The second kappa shape index (κ2) is 5.94. The summed E-state index contributed by atoms with van der Waals surface area (Å²) in [6.07, 6.45) is 0. The van der Waals surface area contributed by atoms with Gasteiger partial charge in [0.2, 0.25) is 0 Å². The number of hydrogen-bond donors (Lipinski definition) is 3. The monoisotopic (exact) mass is 278 g/mol. The number of carboxylic acids is 1. The van der Waals surface area contributed by atoms with Crippen LogP contribution in [0.2, 0.25) is 0 Å². The molecular formula is C15H22N2O3. The highest BCUT2D eigenvalue weighted by Gasteiger charge is 2.17. The molecule has 0 aromatic heterocycles. The molecule has 5 nitrogen and oxygen atoms in total. The van der Waals surface area contributed by atoms with Gasteiger partial charge in [-0.2, -0.15) is 0 Å². The number of aryl methyl sites for hydroxylation is 2. The van der Waals surface area contributed by atoms with Gasteiger partial charge in [0.25, 0.3) is 0 Å². The van der Waals surface area contributed by atoms with Gasteiger partial charge in [-0.1, -0.05) is 26.8 Å². The molecular weight excluding hydrogens is 256 g/mol. The number of benzene rings is 1. The Morgan fingerprint density at radius 1 is 1.20 bits per heavy atom. The van der Waals surface area contributed by atoms with Crippen LogP contribution in [-0.4, -0.2) is 23.7 Å². The van der Waals surface area contributed by atoms with Crippen LogP contribution in [0.3, 0.4) is 0 Å². The summed E-state index contributed by atoms with van der Waals surface area (Å²) in [5.74, 6) is -1.05. The highest BCUT2D eigenvalue weighted by Crippen LogP contribution is 2.23. The molecule has 2 amide bonds. The number of hydrogen-bond acceptors (Lipinski definition) is 2. The van der Waals surface area contributed by atoms with Crippen LogP contribution in [0.5, 0.6) is 0 Å². The van der Waals surface area contributed by atoms with Crippen molar-refractivity contribution in [3.05, 3.63) is 28.8 Å². The molecule has 0 saturated carbocycles. The van der Waals surface area contributed by atoms with E-state index >= 15 is 0 Å². The van der Waals surface area contributed by atoms with E-state index in [1.54, 1.807) is 13.0 Å². The van der Waals surface area contributed by atoms with E-state index in [0.717, 1.165) is 11.1 Å². The topological polar surface area (TPSA) is 78.4 Å². The largest absolute Gasteiger partial charge is 0.478 e. The first-order chi connectivity index (χ1) is 9.10. The Morgan fingerprint density at radius 3 is 2.30 bits per heavy atom. The highest BCUT2D eigenvalue weighted by atomic mass is 16.4. The Kier molecular flexibility index (Phi) is 4.76. The van der Waals surface area contributed by atoms with Gasteiger partial charge >= 0.3 is 12.0 Å². The van der Waals surface area contributed by atoms with Crippen molar-refractivity contribution in [2.45, 2.75) is 34.6 Å². The fourth-order valence-corrected chi connectivity index (χ4v) is 1.81. The maximum absolute atomic E-state index is 11.9. The van der Waals surface area contributed by atoms with Gasteiger partial charge in [0.05, 0.1) is 11.3 Å². The number of carbonyl (C=O) groups excluding carboxylic acids is 1. The molecule has 0 atom stereocenters. The average molecular weight is 278 g/mol. The number of amides is 2. The van der Waals surface area contributed by atoms with Gasteiger partial charge in [-0.3, -0.25) is 0 Å². The molecule has 0 spiro atoms. The predicted molar refractivity (Wildman–Crippen MR) is 79.4 cm³/mol. The van der Waals surface area contributed by atoms with Gasteiger partial charge in [0.15, 0.2) is 0 Å². The van der Waals surface area contributed by atoms with Gasteiger partial charge in [-0.15, -0.1) is 0 Å². The summed E-state index contributed by atoms with van der Waals surface area (Å²) in [7, 11) is 0. The molecule has 0 radical (unpaired) electrons. The molecule has 0 fully saturated rings. The number of anilines is 1. The molecule has 0 unspecified atom stereocenters. The van der Waals surface area contributed by atoms with E-state index in [0.29, 0.717) is 12.2 Å². The molecule has 5 heteroatoms. The molecule has 0 saturated heterocycles. The van der Waals surface area contributed by atoms with Gasteiger partial charge < -0.3 is 15.7 Å². The number of rotatable bonds is 3. The van der Waals surface area contributed by atoms with Crippen LogP contribution < -0.4 is 10.6 Å².